The van der Waals surface area contributed by atoms with E-state index in [-0.39, 0.29) is 37.8 Å². The summed E-state index contributed by atoms with van der Waals surface area (Å²) >= 11 is 25.3. The number of aromatic carboxylic acids is 1. The second kappa shape index (κ2) is 11.9. The molecule has 0 aromatic heterocycles. The van der Waals surface area contributed by atoms with Crippen LogP contribution < -0.4 is 9.47 Å². The lowest BCUT2D eigenvalue weighted by atomic mass is 9.80. The number of ether oxygens (including phenoxy) is 3. The van der Waals surface area contributed by atoms with E-state index >= 15 is 0 Å². The number of hydrogen-bond acceptors (Lipinski definition) is 4. The van der Waals surface area contributed by atoms with Crippen molar-refractivity contribution in [2.75, 3.05) is 14.2 Å². The molecule has 0 atom stereocenters. The van der Waals surface area contributed by atoms with E-state index in [1.54, 1.807) is 14.2 Å². The van der Waals surface area contributed by atoms with Gasteiger partial charge in [-0.25, -0.2) is 4.79 Å². The average molecular weight is 592 g/mol. The molecule has 0 radical (unpaired) electrons. The van der Waals surface area contributed by atoms with Gasteiger partial charge in [-0.15, -0.1) is 0 Å². The van der Waals surface area contributed by atoms with Crippen molar-refractivity contribution in [2.45, 2.75) is 12.2 Å². The van der Waals surface area contributed by atoms with Crippen molar-refractivity contribution in [1.82, 2.24) is 0 Å². The van der Waals surface area contributed by atoms with E-state index in [0.717, 1.165) is 16.7 Å². The monoisotopic (exact) mass is 590 g/mol. The smallest absolute Gasteiger partial charge is 0.337 e. The summed E-state index contributed by atoms with van der Waals surface area (Å²) in [6.07, 6.45) is 0. The van der Waals surface area contributed by atoms with Crippen LogP contribution in [0.5, 0.6) is 11.5 Å². The number of carbonyl (C=O) groups is 1. The van der Waals surface area contributed by atoms with Crippen LogP contribution in [0, 0.1) is 0 Å². The highest BCUT2D eigenvalue weighted by Gasteiger charge is 2.39. The van der Waals surface area contributed by atoms with Crippen LogP contribution in [0.2, 0.25) is 20.1 Å². The second-order valence-electron chi connectivity index (χ2n) is 8.21. The molecule has 0 spiro atoms. The highest BCUT2D eigenvalue weighted by Crippen LogP contribution is 2.46. The minimum atomic E-state index is -1.31. The zero-order chi connectivity index (χ0) is 27.4. The maximum absolute atomic E-state index is 12.2. The molecule has 0 saturated heterocycles. The van der Waals surface area contributed by atoms with E-state index in [9.17, 15) is 9.90 Å². The molecule has 0 unspecified atom stereocenters. The van der Waals surface area contributed by atoms with E-state index in [1.807, 2.05) is 78.9 Å². The zero-order valence-corrected chi connectivity index (χ0v) is 23.3. The fourth-order valence-electron chi connectivity index (χ4n) is 4.29. The Labute approximate surface area is 240 Å². The van der Waals surface area contributed by atoms with Gasteiger partial charge >= 0.3 is 5.97 Å². The maximum atomic E-state index is 12.2. The molecule has 0 fully saturated rings. The molecular formula is C29H22Cl4O5. The van der Waals surface area contributed by atoms with Crippen LogP contribution in [-0.2, 0) is 16.9 Å². The summed E-state index contributed by atoms with van der Waals surface area (Å²) in [5.41, 5.74) is 0.910. The Morgan fingerprint density at radius 1 is 0.684 bits per heavy atom. The van der Waals surface area contributed by atoms with Crippen molar-refractivity contribution >= 4 is 52.4 Å². The molecule has 4 rings (SSSR count). The number of benzene rings is 4. The van der Waals surface area contributed by atoms with Crippen LogP contribution in [-0.4, -0.2) is 25.3 Å². The van der Waals surface area contributed by atoms with Crippen LogP contribution in [0.15, 0.2) is 78.9 Å². The van der Waals surface area contributed by atoms with Crippen LogP contribution in [0.4, 0.5) is 0 Å². The molecule has 5 nitrogen and oxygen atoms in total. The molecule has 0 aliphatic heterocycles. The molecule has 0 aliphatic carbocycles. The standard InChI is InChI=1S/C29H22Cl4O5/c1-36-20-12-8-18(9-13-20)29(17-6-4-3-5-7-17,19-10-14-21(37-2)15-11-19)38-16-22-23(28(34)35)25(31)27(33)26(32)24(22)30/h3-15H,16H2,1-2H3,(H,34,35). The molecule has 0 amide bonds. The third-order valence-corrected chi connectivity index (χ3v) is 8.03. The molecular weight excluding hydrogens is 570 g/mol. The van der Waals surface area contributed by atoms with Gasteiger partial charge in [-0.05, 0) is 41.0 Å². The van der Waals surface area contributed by atoms with Gasteiger partial charge in [0.15, 0.2) is 0 Å². The number of rotatable bonds is 9. The molecule has 0 heterocycles. The van der Waals surface area contributed by atoms with E-state index in [4.69, 9.17) is 60.6 Å². The molecule has 0 bridgehead atoms. The van der Waals surface area contributed by atoms with Gasteiger partial charge in [0.2, 0.25) is 0 Å². The quantitative estimate of drug-likeness (QED) is 0.120. The lowest BCUT2D eigenvalue weighted by Crippen LogP contribution is -2.33. The predicted octanol–water partition coefficient (Wildman–Crippen LogP) is 8.52. The van der Waals surface area contributed by atoms with Crippen molar-refractivity contribution in [3.8, 4) is 11.5 Å². The van der Waals surface area contributed by atoms with E-state index in [1.165, 1.54) is 0 Å². The largest absolute Gasteiger partial charge is 0.497 e. The highest BCUT2D eigenvalue weighted by atomic mass is 35.5. The minimum absolute atomic E-state index is 0.0510. The summed E-state index contributed by atoms with van der Waals surface area (Å²) in [4.78, 5) is 12.2. The normalized spacial score (nSPS) is 11.3. The summed E-state index contributed by atoms with van der Waals surface area (Å²) in [6, 6.07) is 24.4. The first-order valence-corrected chi connectivity index (χ1v) is 12.8. The summed E-state index contributed by atoms with van der Waals surface area (Å²) < 4.78 is 17.5. The number of carboxylic acids is 1. The third-order valence-electron chi connectivity index (χ3n) is 6.18. The van der Waals surface area contributed by atoms with Gasteiger partial charge in [-0.3, -0.25) is 0 Å². The van der Waals surface area contributed by atoms with Gasteiger partial charge < -0.3 is 19.3 Å². The summed E-state index contributed by atoms with van der Waals surface area (Å²) in [5, 5.41) is 9.49. The number of hydrogen-bond donors (Lipinski definition) is 1. The Morgan fingerprint density at radius 2 is 1.13 bits per heavy atom. The Bertz CT molecular complexity index is 1390. The molecule has 1 N–H and O–H groups in total. The lowest BCUT2D eigenvalue weighted by Gasteiger charge is -2.36. The topological polar surface area (TPSA) is 65.0 Å². The fourth-order valence-corrected chi connectivity index (χ4v) is 5.32. The number of halogens is 4. The van der Waals surface area contributed by atoms with Crippen LogP contribution >= 0.6 is 46.4 Å². The van der Waals surface area contributed by atoms with Crippen molar-refractivity contribution < 1.29 is 24.1 Å². The molecule has 4 aromatic rings. The average Bonchev–Trinajstić information content (AvgIpc) is 2.95. The second-order valence-corrected chi connectivity index (χ2v) is 9.72. The first-order chi connectivity index (χ1) is 18.2. The molecule has 4 aromatic carbocycles. The summed E-state index contributed by atoms with van der Waals surface area (Å²) in [5.74, 6) is 0.0177. The molecule has 38 heavy (non-hydrogen) atoms. The molecule has 0 aliphatic rings. The Hall–Kier alpha value is -2.93. The van der Waals surface area contributed by atoms with Crippen molar-refractivity contribution in [3.05, 3.63) is 127 Å². The Kier molecular flexibility index (Phi) is 8.76. The minimum Gasteiger partial charge on any atom is -0.497 e. The van der Waals surface area contributed by atoms with Gasteiger partial charge in [0.25, 0.3) is 0 Å². The lowest BCUT2D eigenvalue weighted by molar-refractivity contribution is -0.000308. The summed E-state index contributed by atoms with van der Waals surface area (Å²) in [6.45, 7) is -0.260. The van der Waals surface area contributed by atoms with E-state index < -0.39 is 11.6 Å². The van der Waals surface area contributed by atoms with Gasteiger partial charge in [-0.1, -0.05) is 101 Å². The first-order valence-electron chi connectivity index (χ1n) is 11.3. The van der Waals surface area contributed by atoms with E-state index in [0.29, 0.717) is 11.5 Å². The molecule has 9 heteroatoms. The SMILES string of the molecule is COc1ccc(C(OCc2c(Cl)c(Cl)c(Cl)c(Cl)c2C(=O)O)(c2ccccc2)c2ccc(OC)cc2)cc1. The zero-order valence-electron chi connectivity index (χ0n) is 20.3. The van der Waals surface area contributed by atoms with Crippen LogP contribution in [0.1, 0.15) is 32.6 Å². The van der Waals surface area contributed by atoms with Crippen LogP contribution in [0.25, 0.3) is 0 Å². The van der Waals surface area contributed by atoms with Crippen LogP contribution in [0.3, 0.4) is 0 Å². The number of carboxylic acid groups (broad SMARTS) is 1. The van der Waals surface area contributed by atoms with Crippen molar-refractivity contribution in [2.24, 2.45) is 0 Å². The Balaban J connectivity index is 1.98. The number of methoxy groups -OCH3 is 2. The van der Waals surface area contributed by atoms with Gasteiger partial charge in [-0.2, -0.15) is 0 Å². The Morgan fingerprint density at radius 3 is 1.58 bits per heavy atom. The van der Waals surface area contributed by atoms with Crippen molar-refractivity contribution in [3.63, 3.8) is 0 Å². The van der Waals surface area contributed by atoms with Gasteiger partial charge in [0.1, 0.15) is 17.1 Å². The van der Waals surface area contributed by atoms with Gasteiger partial charge in [0.05, 0.1) is 46.5 Å². The fraction of sp³-hybridized carbons (Fsp3) is 0.138. The van der Waals surface area contributed by atoms with E-state index in [2.05, 4.69) is 0 Å². The first kappa shape index (κ1) is 28.1. The summed E-state index contributed by atoms with van der Waals surface area (Å²) in [7, 11) is 3.17. The predicted molar refractivity (Wildman–Crippen MR) is 151 cm³/mol. The third kappa shape index (κ3) is 5.18. The molecule has 196 valence electrons. The maximum Gasteiger partial charge on any atom is 0.337 e. The van der Waals surface area contributed by atoms with Gasteiger partial charge in [0, 0.05) is 5.56 Å². The van der Waals surface area contributed by atoms with Crippen molar-refractivity contribution in [1.29, 1.82) is 0 Å². The molecule has 0 saturated carbocycles. The highest BCUT2D eigenvalue weighted by molar-refractivity contribution is 6.53.